The molecule has 1 amide bonds. The number of anilines is 1. The molecule has 7 heteroatoms. The van der Waals surface area contributed by atoms with E-state index in [-0.39, 0.29) is 17.3 Å². The maximum atomic E-state index is 12.8. The summed E-state index contributed by atoms with van der Waals surface area (Å²) < 4.78 is 1.53. The van der Waals surface area contributed by atoms with Gasteiger partial charge in [-0.25, -0.2) is 9.97 Å². The zero-order valence-electron chi connectivity index (χ0n) is 13.8. The number of nitrogens with zero attached hydrogens (tertiary/aromatic N) is 3. The molecule has 0 bridgehead atoms. The molecule has 0 unspecified atom stereocenters. The summed E-state index contributed by atoms with van der Waals surface area (Å²) >= 11 is 0. The van der Waals surface area contributed by atoms with Gasteiger partial charge in [0.05, 0.1) is 5.52 Å². The summed E-state index contributed by atoms with van der Waals surface area (Å²) in [6, 6.07) is 8.59. The summed E-state index contributed by atoms with van der Waals surface area (Å²) in [6.07, 6.45) is 4.64. The maximum Gasteiger partial charge on any atom is 0.267 e. The Morgan fingerprint density at radius 1 is 1.20 bits per heavy atom. The van der Waals surface area contributed by atoms with Gasteiger partial charge in [0, 0.05) is 24.3 Å². The summed E-state index contributed by atoms with van der Waals surface area (Å²) in [7, 11) is 0. The third-order valence-corrected chi connectivity index (χ3v) is 3.90. The molecule has 0 saturated heterocycles. The van der Waals surface area contributed by atoms with Gasteiger partial charge in [-0.2, -0.15) is 0 Å². The van der Waals surface area contributed by atoms with Crippen molar-refractivity contribution in [2.75, 3.05) is 5.32 Å². The Hall–Kier alpha value is -3.22. The molecule has 0 aliphatic rings. The number of nitrogens with one attached hydrogen (secondary N) is 1. The number of amides is 1. The molecule has 2 heterocycles. The van der Waals surface area contributed by atoms with Crippen molar-refractivity contribution >= 4 is 22.8 Å². The molecule has 2 N–H and O–H groups in total. The van der Waals surface area contributed by atoms with Crippen molar-refractivity contribution < 1.29 is 9.90 Å². The standard InChI is InChI=1S/C18H18N4O3/c1-2-3-11-22-13-8-5-4-7-12(13)15(23)14(17(22)25)16(24)21-18-19-9-6-10-20-18/h4-10,23H,2-3,11H2,1H3,(H,19,20,21,24). The number of carbonyl (C=O) groups excluding carboxylic acids is 1. The average molecular weight is 338 g/mol. The predicted octanol–water partition coefficient (Wildman–Crippen LogP) is 2.55. The highest BCUT2D eigenvalue weighted by Crippen LogP contribution is 2.26. The van der Waals surface area contributed by atoms with Crippen molar-refractivity contribution in [2.24, 2.45) is 0 Å². The highest BCUT2D eigenvalue weighted by molar-refractivity contribution is 6.08. The summed E-state index contributed by atoms with van der Waals surface area (Å²) in [6.45, 7) is 2.49. The minimum atomic E-state index is -0.732. The van der Waals surface area contributed by atoms with Gasteiger partial charge in [-0.05, 0) is 24.6 Å². The van der Waals surface area contributed by atoms with Gasteiger partial charge in [0.2, 0.25) is 5.95 Å². The van der Waals surface area contributed by atoms with Gasteiger partial charge >= 0.3 is 0 Å². The summed E-state index contributed by atoms with van der Waals surface area (Å²) in [5, 5.41) is 13.4. The molecule has 3 rings (SSSR count). The number of para-hydroxylation sites is 1. The van der Waals surface area contributed by atoms with Gasteiger partial charge in [0.1, 0.15) is 11.3 Å². The van der Waals surface area contributed by atoms with Crippen LogP contribution in [0.15, 0.2) is 47.5 Å². The third-order valence-electron chi connectivity index (χ3n) is 3.90. The van der Waals surface area contributed by atoms with E-state index in [1.54, 1.807) is 30.3 Å². The quantitative estimate of drug-likeness (QED) is 0.745. The molecular weight excluding hydrogens is 320 g/mol. The molecule has 3 aromatic rings. The van der Waals surface area contributed by atoms with Gasteiger partial charge in [-0.15, -0.1) is 0 Å². The van der Waals surface area contributed by atoms with Crippen LogP contribution in [0.2, 0.25) is 0 Å². The number of aromatic hydroxyl groups is 1. The molecule has 0 spiro atoms. The topological polar surface area (TPSA) is 97.1 Å². The number of aromatic nitrogens is 3. The molecule has 128 valence electrons. The van der Waals surface area contributed by atoms with Crippen molar-refractivity contribution in [1.29, 1.82) is 0 Å². The van der Waals surface area contributed by atoms with Crippen LogP contribution >= 0.6 is 0 Å². The Labute approximate surface area is 144 Å². The highest BCUT2D eigenvalue weighted by Gasteiger charge is 2.22. The largest absolute Gasteiger partial charge is 0.506 e. The van der Waals surface area contributed by atoms with E-state index in [1.807, 2.05) is 6.92 Å². The normalized spacial score (nSPS) is 10.8. The van der Waals surface area contributed by atoms with E-state index >= 15 is 0 Å². The molecule has 25 heavy (non-hydrogen) atoms. The van der Waals surface area contributed by atoms with Crippen LogP contribution in [0.3, 0.4) is 0 Å². The van der Waals surface area contributed by atoms with Gasteiger partial charge in [0.15, 0.2) is 0 Å². The lowest BCUT2D eigenvalue weighted by atomic mass is 10.1. The third kappa shape index (κ3) is 3.21. The number of hydrogen-bond donors (Lipinski definition) is 2. The first-order valence-corrected chi connectivity index (χ1v) is 8.06. The zero-order valence-corrected chi connectivity index (χ0v) is 13.8. The van der Waals surface area contributed by atoms with Gasteiger partial charge in [0.25, 0.3) is 11.5 Å². The molecular formula is C18H18N4O3. The summed E-state index contributed by atoms with van der Waals surface area (Å²) in [5.41, 5.74) is -0.230. The van der Waals surface area contributed by atoms with E-state index in [4.69, 9.17) is 0 Å². The molecule has 2 aromatic heterocycles. The van der Waals surface area contributed by atoms with Crippen LogP contribution < -0.4 is 10.9 Å². The van der Waals surface area contributed by atoms with Crippen molar-refractivity contribution in [3.05, 3.63) is 58.6 Å². The molecule has 0 fully saturated rings. The average Bonchev–Trinajstić information content (AvgIpc) is 2.62. The minimum absolute atomic E-state index is 0.0690. The van der Waals surface area contributed by atoms with Crippen LogP contribution in [0.25, 0.3) is 10.9 Å². The lowest BCUT2D eigenvalue weighted by Crippen LogP contribution is -2.30. The lowest BCUT2D eigenvalue weighted by molar-refractivity contribution is 0.102. The minimum Gasteiger partial charge on any atom is -0.506 e. The first-order valence-electron chi connectivity index (χ1n) is 8.06. The van der Waals surface area contributed by atoms with Crippen molar-refractivity contribution in [3.63, 3.8) is 0 Å². The molecule has 0 atom stereocenters. The first kappa shape index (κ1) is 16.6. The van der Waals surface area contributed by atoms with Gasteiger partial charge in [-0.3, -0.25) is 14.9 Å². The maximum absolute atomic E-state index is 12.8. The molecule has 0 saturated carbocycles. The second-order valence-electron chi connectivity index (χ2n) is 5.58. The Morgan fingerprint density at radius 3 is 2.64 bits per heavy atom. The fourth-order valence-electron chi connectivity index (χ4n) is 2.66. The van der Waals surface area contributed by atoms with Crippen LogP contribution in [0, 0.1) is 0 Å². The number of benzene rings is 1. The molecule has 0 aliphatic heterocycles. The SMILES string of the molecule is CCCCn1c(=O)c(C(=O)Nc2ncccn2)c(O)c2ccccc21. The van der Waals surface area contributed by atoms with Crippen LogP contribution in [-0.4, -0.2) is 25.5 Å². The molecule has 0 aliphatic carbocycles. The number of unbranched alkanes of at least 4 members (excludes halogenated alkanes) is 1. The van der Waals surface area contributed by atoms with E-state index in [0.29, 0.717) is 17.4 Å². The second kappa shape index (κ2) is 7.12. The summed E-state index contributed by atoms with van der Waals surface area (Å²) in [5.74, 6) is -0.994. The monoisotopic (exact) mass is 338 g/mol. The Kier molecular flexibility index (Phi) is 4.74. The molecule has 7 nitrogen and oxygen atoms in total. The molecule has 1 aromatic carbocycles. The van der Waals surface area contributed by atoms with Crippen molar-refractivity contribution in [1.82, 2.24) is 14.5 Å². The van der Waals surface area contributed by atoms with Crippen LogP contribution in [0.1, 0.15) is 30.1 Å². The summed E-state index contributed by atoms with van der Waals surface area (Å²) in [4.78, 5) is 33.2. The van der Waals surface area contributed by atoms with Gasteiger partial charge < -0.3 is 9.67 Å². The number of carbonyl (C=O) groups is 1. The second-order valence-corrected chi connectivity index (χ2v) is 5.58. The van der Waals surface area contributed by atoms with Crippen molar-refractivity contribution in [3.8, 4) is 5.75 Å². The number of rotatable bonds is 5. The number of aryl methyl sites for hydroxylation is 1. The van der Waals surface area contributed by atoms with E-state index in [1.165, 1.54) is 17.0 Å². The smallest absolute Gasteiger partial charge is 0.267 e. The van der Waals surface area contributed by atoms with Crippen LogP contribution in [-0.2, 0) is 6.54 Å². The van der Waals surface area contributed by atoms with E-state index in [0.717, 1.165) is 12.8 Å². The predicted molar refractivity (Wildman–Crippen MR) is 94.8 cm³/mol. The zero-order chi connectivity index (χ0) is 17.8. The van der Waals surface area contributed by atoms with E-state index in [9.17, 15) is 14.7 Å². The van der Waals surface area contributed by atoms with Gasteiger partial charge in [-0.1, -0.05) is 25.5 Å². The highest BCUT2D eigenvalue weighted by atomic mass is 16.3. The van der Waals surface area contributed by atoms with E-state index in [2.05, 4.69) is 15.3 Å². The fourth-order valence-corrected chi connectivity index (χ4v) is 2.66. The fraction of sp³-hybridized carbons (Fsp3) is 0.222. The van der Waals surface area contributed by atoms with Crippen LogP contribution in [0.4, 0.5) is 5.95 Å². The Balaban J connectivity index is 2.14. The van der Waals surface area contributed by atoms with Crippen LogP contribution in [0.5, 0.6) is 5.75 Å². The lowest BCUT2D eigenvalue weighted by Gasteiger charge is -2.14. The number of pyridine rings is 1. The number of fused-ring (bicyclic) bond motifs is 1. The van der Waals surface area contributed by atoms with E-state index < -0.39 is 11.5 Å². The van der Waals surface area contributed by atoms with Crippen molar-refractivity contribution in [2.45, 2.75) is 26.3 Å². The Bertz CT molecular complexity index is 967. The Morgan fingerprint density at radius 2 is 1.92 bits per heavy atom. The number of hydrogen-bond acceptors (Lipinski definition) is 5. The first-order chi connectivity index (χ1) is 12.1. The molecule has 0 radical (unpaired) electrons.